The molecule has 0 aliphatic carbocycles. The van der Waals surface area contributed by atoms with Crippen LogP contribution in [0.3, 0.4) is 0 Å². The zero-order valence-electron chi connectivity index (χ0n) is 20.1. The second-order valence-corrected chi connectivity index (χ2v) is 8.94. The Kier molecular flexibility index (Phi) is 8.03. The van der Waals surface area contributed by atoms with Crippen LogP contribution in [0.2, 0.25) is 0 Å². The summed E-state index contributed by atoms with van der Waals surface area (Å²) in [6.07, 6.45) is 1.44. The summed E-state index contributed by atoms with van der Waals surface area (Å²) in [7, 11) is 1.63. The van der Waals surface area contributed by atoms with Gasteiger partial charge in [0.05, 0.1) is 7.11 Å². The van der Waals surface area contributed by atoms with E-state index in [0.29, 0.717) is 38.9 Å². The minimum atomic E-state index is -0.331. The molecule has 35 heavy (non-hydrogen) atoms. The first kappa shape index (κ1) is 24.3. The van der Waals surface area contributed by atoms with Gasteiger partial charge in [0, 0.05) is 37.0 Å². The van der Waals surface area contributed by atoms with E-state index in [1.54, 1.807) is 12.0 Å². The number of ether oxygens (including phenoxy) is 2. The fourth-order valence-electron chi connectivity index (χ4n) is 4.70. The van der Waals surface area contributed by atoms with E-state index in [1.165, 1.54) is 0 Å². The van der Waals surface area contributed by atoms with Gasteiger partial charge in [-0.15, -0.1) is 0 Å². The Labute approximate surface area is 206 Å². The zero-order chi connectivity index (χ0) is 24.5. The number of para-hydroxylation sites is 1. The number of amides is 2. The first-order valence-electron chi connectivity index (χ1n) is 12.0. The summed E-state index contributed by atoms with van der Waals surface area (Å²) < 4.78 is 10.9. The van der Waals surface area contributed by atoms with Crippen LogP contribution in [-0.4, -0.2) is 37.1 Å². The number of hydrogen-bond acceptors (Lipinski definition) is 4. The molecular weight excluding hydrogens is 440 g/mol. The van der Waals surface area contributed by atoms with E-state index in [1.807, 2.05) is 72.8 Å². The van der Waals surface area contributed by atoms with Gasteiger partial charge in [-0.2, -0.15) is 0 Å². The number of benzene rings is 3. The molecular formula is C29H32N2O4. The standard InChI is InChI=1S/C29H32N2O4/c1-34-26-15-9-8-12-24(26)21-30-27(32)20-29(25-13-6-3-7-14-25)16-18-31(19-17-29)28(33)35-22-23-10-4-2-5-11-23/h2-15H,16-22H2,1H3,(H,30,32). The molecule has 0 unspecified atom stereocenters. The molecule has 2 amide bonds. The maximum absolute atomic E-state index is 13.1. The Morgan fingerprint density at radius 1 is 0.886 bits per heavy atom. The second kappa shape index (κ2) is 11.6. The molecule has 1 saturated heterocycles. The number of nitrogens with one attached hydrogen (secondary N) is 1. The molecule has 182 valence electrons. The molecule has 1 aliphatic heterocycles. The van der Waals surface area contributed by atoms with Crippen LogP contribution in [0.1, 0.15) is 36.0 Å². The lowest BCUT2D eigenvalue weighted by Crippen LogP contribution is -2.47. The Balaban J connectivity index is 1.39. The van der Waals surface area contributed by atoms with Crippen molar-refractivity contribution in [3.63, 3.8) is 0 Å². The summed E-state index contributed by atoms with van der Waals surface area (Å²) in [5, 5.41) is 3.06. The van der Waals surface area contributed by atoms with Crippen LogP contribution in [-0.2, 0) is 28.1 Å². The van der Waals surface area contributed by atoms with Crippen LogP contribution in [0.5, 0.6) is 5.75 Å². The molecule has 0 spiro atoms. The van der Waals surface area contributed by atoms with Crippen molar-refractivity contribution < 1.29 is 19.1 Å². The molecule has 1 N–H and O–H groups in total. The number of carbonyl (C=O) groups is 2. The van der Waals surface area contributed by atoms with E-state index in [2.05, 4.69) is 17.4 Å². The van der Waals surface area contributed by atoms with Crippen molar-refractivity contribution in [1.29, 1.82) is 0 Å². The van der Waals surface area contributed by atoms with Crippen LogP contribution >= 0.6 is 0 Å². The SMILES string of the molecule is COc1ccccc1CNC(=O)CC1(c2ccccc2)CCN(C(=O)OCc2ccccc2)CC1. The highest BCUT2D eigenvalue weighted by atomic mass is 16.6. The molecule has 4 rings (SSSR count). The predicted octanol–water partition coefficient (Wildman–Crippen LogP) is 5.07. The highest BCUT2D eigenvalue weighted by Crippen LogP contribution is 2.39. The second-order valence-electron chi connectivity index (χ2n) is 8.94. The van der Waals surface area contributed by atoms with Gasteiger partial charge in [-0.3, -0.25) is 4.79 Å². The van der Waals surface area contributed by atoms with Crippen LogP contribution < -0.4 is 10.1 Å². The molecule has 0 bridgehead atoms. The third-order valence-corrected chi connectivity index (χ3v) is 6.74. The number of carbonyl (C=O) groups excluding carboxylic acids is 2. The van der Waals surface area contributed by atoms with Gasteiger partial charge >= 0.3 is 6.09 Å². The number of rotatable bonds is 8. The largest absolute Gasteiger partial charge is 0.496 e. The molecule has 6 heteroatoms. The van der Waals surface area contributed by atoms with Crippen molar-refractivity contribution in [3.05, 3.63) is 102 Å². The third kappa shape index (κ3) is 6.21. The first-order chi connectivity index (χ1) is 17.1. The minimum Gasteiger partial charge on any atom is -0.496 e. The molecule has 1 heterocycles. The average molecular weight is 473 g/mol. The fourth-order valence-corrected chi connectivity index (χ4v) is 4.70. The van der Waals surface area contributed by atoms with Crippen molar-refractivity contribution in [1.82, 2.24) is 10.2 Å². The molecule has 3 aromatic rings. The van der Waals surface area contributed by atoms with Gasteiger partial charge in [0.15, 0.2) is 0 Å². The quantitative estimate of drug-likeness (QED) is 0.497. The Morgan fingerprint density at radius 2 is 1.51 bits per heavy atom. The molecule has 6 nitrogen and oxygen atoms in total. The minimum absolute atomic E-state index is 0.0140. The fraction of sp³-hybridized carbons (Fsp3) is 0.310. The lowest BCUT2D eigenvalue weighted by Gasteiger charge is -2.41. The molecule has 1 aliphatic rings. The number of likely N-dealkylation sites (tertiary alicyclic amines) is 1. The number of methoxy groups -OCH3 is 1. The average Bonchev–Trinajstić information content (AvgIpc) is 2.92. The van der Waals surface area contributed by atoms with E-state index in [4.69, 9.17) is 9.47 Å². The Bertz CT molecular complexity index is 1110. The van der Waals surface area contributed by atoms with E-state index < -0.39 is 0 Å². The Hall–Kier alpha value is -3.80. The van der Waals surface area contributed by atoms with E-state index in [9.17, 15) is 9.59 Å². The van der Waals surface area contributed by atoms with Crippen LogP contribution in [0, 0.1) is 0 Å². The lowest BCUT2D eigenvalue weighted by atomic mass is 9.70. The van der Waals surface area contributed by atoms with Crippen LogP contribution in [0.25, 0.3) is 0 Å². The van der Waals surface area contributed by atoms with E-state index in [-0.39, 0.29) is 24.0 Å². The summed E-state index contributed by atoms with van der Waals surface area (Å²) in [6.45, 7) is 1.75. The highest BCUT2D eigenvalue weighted by Gasteiger charge is 2.39. The van der Waals surface area contributed by atoms with Gasteiger partial charge in [0.25, 0.3) is 0 Å². The van der Waals surface area contributed by atoms with Gasteiger partial charge in [-0.05, 0) is 30.0 Å². The van der Waals surface area contributed by atoms with Gasteiger partial charge in [0.2, 0.25) is 5.91 Å². The molecule has 3 aromatic carbocycles. The van der Waals surface area contributed by atoms with E-state index >= 15 is 0 Å². The van der Waals surface area contributed by atoms with Gasteiger partial charge in [-0.25, -0.2) is 4.79 Å². The zero-order valence-corrected chi connectivity index (χ0v) is 20.1. The normalized spacial score (nSPS) is 14.7. The molecule has 0 atom stereocenters. The van der Waals surface area contributed by atoms with Crippen LogP contribution in [0.15, 0.2) is 84.9 Å². The van der Waals surface area contributed by atoms with Crippen molar-refractivity contribution in [2.45, 2.75) is 37.8 Å². The highest BCUT2D eigenvalue weighted by molar-refractivity contribution is 5.78. The summed E-state index contributed by atoms with van der Waals surface area (Å²) in [5.41, 5.74) is 2.70. The first-order valence-corrected chi connectivity index (χ1v) is 12.0. The number of hydrogen-bond donors (Lipinski definition) is 1. The molecule has 1 fully saturated rings. The summed E-state index contributed by atoms with van der Waals surface area (Å²) in [6, 6.07) is 27.5. The van der Waals surface area contributed by atoms with Crippen molar-refractivity contribution in [2.24, 2.45) is 0 Å². The molecule has 0 saturated carbocycles. The summed E-state index contributed by atoms with van der Waals surface area (Å²) in [4.78, 5) is 27.5. The summed E-state index contributed by atoms with van der Waals surface area (Å²) in [5.74, 6) is 0.743. The monoisotopic (exact) mass is 472 g/mol. The lowest BCUT2D eigenvalue weighted by molar-refractivity contribution is -0.123. The van der Waals surface area contributed by atoms with Gasteiger partial charge < -0.3 is 19.7 Å². The third-order valence-electron chi connectivity index (χ3n) is 6.74. The van der Waals surface area contributed by atoms with Gasteiger partial charge in [-0.1, -0.05) is 78.9 Å². The Morgan fingerprint density at radius 3 is 2.20 bits per heavy atom. The van der Waals surface area contributed by atoms with Crippen LogP contribution in [0.4, 0.5) is 4.79 Å². The van der Waals surface area contributed by atoms with Crippen molar-refractivity contribution >= 4 is 12.0 Å². The maximum atomic E-state index is 13.1. The topological polar surface area (TPSA) is 67.9 Å². The number of piperidine rings is 1. The van der Waals surface area contributed by atoms with Gasteiger partial charge in [0.1, 0.15) is 12.4 Å². The van der Waals surface area contributed by atoms with E-state index in [0.717, 1.165) is 22.4 Å². The predicted molar refractivity (Wildman–Crippen MR) is 135 cm³/mol. The van der Waals surface area contributed by atoms with Crippen molar-refractivity contribution in [2.75, 3.05) is 20.2 Å². The van der Waals surface area contributed by atoms with Crippen molar-refractivity contribution in [3.8, 4) is 5.75 Å². The summed E-state index contributed by atoms with van der Waals surface area (Å²) >= 11 is 0. The smallest absolute Gasteiger partial charge is 0.410 e. The molecule has 0 radical (unpaired) electrons. The molecule has 0 aromatic heterocycles. The number of nitrogens with zero attached hydrogens (tertiary/aromatic N) is 1. The maximum Gasteiger partial charge on any atom is 0.410 e.